The molecule has 1 unspecified atom stereocenters. The van der Waals surface area contributed by atoms with Gasteiger partial charge >= 0.3 is 5.97 Å². The Morgan fingerprint density at radius 2 is 2.12 bits per heavy atom. The third-order valence-corrected chi connectivity index (χ3v) is 3.93. The van der Waals surface area contributed by atoms with E-state index in [1.807, 2.05) is 4.90 Å². The zero-order valence-corrected chi connectivity index (χ0v) is 14.3. The second kappa shape index (κ2) is 9.44. The quantitative estimate of drug-likeness (QED) is 0.797. The average molecular weight is 361 g/mol. The van der Waals surface area contributed by atoms with Gasteiger partial charge in [-0.1, -0.05) is 12.1 Å². The van der Waals surface area contributed by atoms with Gasteiger partial charge in [-0.25, -0.2) is 4.39 Å². The Hall–Kier alpha value is -1.86. The van der Waals surface area contributed by atoms with E-state index in [9.17, 15) is 14.0 Å². The summed E-state index contributed by atoms with van der Waals surface area (Å²) in [6.45, 7) is 1.74. The van der Waals surface area contributed by atoms with Crippen molar-refractivity contribution in [2.75, 3.05) is 39.8 Å². The lowest BCUT2D eigenvalue weighted by molar-refractivity contribution is -0.141. The molecule has 134 valence electrons. The topological polar surface area (TPSA) is 70.1 Å². The first kappa shape index (κ1) is 20.2. The standard InChI is InChI=1S/C16H21FN2O4.ClH/c1-18(8-9-23-14-5-3-2-4-13(14)17)15(20)11-19-7-6-12(10-19)16(21)22;/h2-5,12H,6-11H2,1H3,(H,21,22);1H. The summed E-state index contributed by atoms with van der Waals surface area (Å²) in [5.74, 6) is -1.58. The normalized spacial score (nSPS) is 17.2. The summed E-state index contributed by atoms with van der Waals surface area (Å²) in [4.78, 5) is 26.3. The van der Waals surface area contributed by atoms with Crippen LogP contribution >= 0.6 is 12.4 Å². The van der Waals surface area contributed by atoms with Crippen LogP contribution < -0.4 is 4.74 Å². The van der Waals surface area contributed by atoms with Gasteiger partial charge in [0.05, 0.1) is 19.0 Å². The minimum Gasteiger partial charge on any atom is -0.489 e. The molecule has 1 aromatic rings. The zero-order valence-electron chi connectivity index (χ0n) is 13.5. The predicted octanol–water partition coefficient (Wildman–Crippen LogP) is 1.49. The van der Waals surface area contributed by atoms with Crippen LogP contribution in [-0.2, 0) is 9.59 Å². The third-order valence-electron chi connectivity index (χ3n) is 3.93. The van der Waals surface area contributed by atoms with Crippen LogP contribution in [0.2, 0.25) is 0 Å². The van der Waals surface area contributed by atoms with Crippen molar-refractivity contribution in [3.8, 4) is 5.75 Å². The molecule has 1 aromatic carbocycles. The highest BCUT2D eigenvalue weighted by Crippen LogP contribution is 2.16. The second-order valence-electron chi connectivity index (χ2n) is 5.65. The van der Waals surface area contributed by atoms with E-state index in [-0.39, 0.29) is 37.2 Å². The van der Waals surface area contributed by atoms with Crippen molar-refractivity contribution < 1.29 is 23.8 Å². The monoisotopic (exact) mass is 360 g/mol. The van der Waals surface area contributed by atoms with Crippen molar-refractivity contribution in [3.63, 3.8) is 0 Å². The first-order valence-electron chi connectivity index (χ1n) is 7.54. The highest BCUT2D eigenvalue weighted by atomic mass is 35.5. The summed E-state index contributed by atoms with van der Waals surface area (Å²) in [6, 6.07) is 6.11. The third kappa shape index (κ3) is 5.65. The number of carbonyl (C=O) groups excluding carboxylic acids is 1. The summed E-state index contributed by atoms with van der Waals surface area (Å²) >= 11 is 0. The van der Waals surface area contributed by atoms with Crippen LogP contribution in [0.5, 0.6) is 5.75 Å². The van der Waals surface area contributed by atoms with Crippen molar-refractivity contribution in [2.45, 2.75) is 6.42 Å². The molecule has 8 heteroatoms. The van der Waals surface area contributed by atoms with Crippen LogP contribution in [0.25, 0.3) is 0 Å². The molecule has 0 aliphatic carbocycles. The number of hydrogen-bond acceptors (Lipinski definition) is 4. The molecule has 1 heterocycles. The number of carbonyl (C=O) groups is 2. The summed E-state index contributed by atoms with van der Waals surface area (Å²) in [5.41, 5.74) is 0. The summed E-state index contributed by atoms with van der Waals surface area (Å²) in [6.07, 6.45) is 0.572. The lowest BCUT2D eigenvalue weighted by Gasteiger charge is -2.21. The average Bonchev–Trinajstić information content (AvgIpc) is 2.97. The van der Waals surface area contributed by atoms with Gasteiger partial charge in [0.25, 0.3) is 0 Å². The molecule has 1 aliphatic heterocycles. The van der Waals surface area contributed by atoms with E-state index < -0.39 is 17.7 Å². The second-order valence-corrected chi connectivity index (χ2v) is 5.65. The van der Waals surface area contributed by atoms with Gasteiger partial charge in [-0.15, -0.1) is 12.4 Å². The van der Waals surface area contributed by atoms with Gasteiger partial charge in [-0.3, -0.25) is 14.5 Å². The van der Waals surface area contributed by atoms with E-state index >= 15 is 0 Å². The number of likely N-dealkylation sites (tertiary alicyclic amines) is 1. The van der Waals surface area contributed by atoms with Gasteiger partial charge in [-0.05, 0) is 25.1 Å². The first-order chi connectivity index (χ1) is 11.0. The number of carboxylic acids is 1. The van der Waals surface area contributed by atoms with E-state index in [4.69, 9.17) is 9.84 Å². The number of aliphatic carboxylic acids is 1. The van der Waals surface area contributed by atoms with Gasteiger partial charge in [0.15, 0.2) is 11.6 Å². The molecule has 24 heavy (non-hydrogen) atoms. The molecule has 1 atom stereocenters. The molecule has 0 saturated carbocycles. The molecule has 1 saturated heterocycles. The number of para-hydroxylation sites is 1. The van der Waals surface area contributed by atoms with Crippen molar-refractivity contribution >= 4 is 24.3 Å². The molecule has 1 amide bonds. The lowest BCUT2D eigenvalue weighted by Crippen LogP contribution is -2.39. The van der Waals surface area contributed by atoms with E-state index in [0.29, 0.717) is 26.1 Å². The summed E-state index contributed by atoms with van der Waals surface area (Å²) in [7, 11) is 1.65. The number of ether oxygens (including phenoxy) is 1. The van der Waals surface area contributed by atoms with Gasteiger partial charge in [0.1, 0.15) is 6.61 Å². The maximum Gasteiger partial charge on any atom is 0.307 e. The number of amides is 1. The molecule has 0 radical (unpaired) electrons. The molecule has 1 aliphatic rings. The molecule has 1 fully saturated rings. The van der Waals surface area contributed by atoms with Crippen molar-refractivity contribution in [1.82, 2.24) is 9.80 Å². The molecule has 1 N–H and O–H groups in total. The van der Waals surface area contributed by atoms with Crippen LogP contribution in [-0.4, -0.2) is 66.6 Å². The molecule has 0 aromatic heterocycles. The molecule has 0 bridgehead atoms. The summed E-state index contributed by atoms with van der Waals surface area (Å²) < 4.78 is 18.7. The highest BCUT2D eigenvalue weighted by Gasteiger charge is 2.29. The number of benzene rings is 1. The van der Waals surface area contributed by atoms with Gasteiger partial charge in [0, 0.05) is 13.6 Å². The van der Waals surface area contributed by atoms with Crippen LogP contribution in [0.3, 0.4) is 0 Å². The number of likely N-dealkylation sites (N-methyl/N-ethyl adjacent to an activating group) is 1. The van der Waals surface area contributed by atoms with E-state index in [2.05, 4.69) is 0 Å². The van der Waals surface area contributed by atoms with Crippen LogP contribution in [0.4, 0.5) is 4.39 Å². The van der Waals surface area contributed by atoms with Gasteiger partial charge < -0.3 is 14.7 Å². The Labute approximate surface area is 146 Å². The molecule has 2 rings (SSSR count). The Bertz CT molecular complexity index is 573. The Balaban J connectivity index is 0.00000288. The maximum atomic E-state index is 13.4. The van der Waals surface area contributed by atoms with Gasteiger partial charge in [-0.2, -0.15) is 0 Å². The van der Waals surface area contributed by atoms with E-state index in [1.165, 1.54) is 17.0 Å². The molecule has 0 spiro atoms. The SMILES string of the molecule is CN(CCOc1ccccc1F)C(=O)CN1CCC(C(=O)O)C1.Cl. The van der Waals surface area contributed by atoms with Crippen molar-refractivity contribution in [1.29, 1.82) is 0 Å². The van der Waals surface area contributed by atoms with Crippen molar-refractivity contribution in [3.05, 3.63) is 30.1 Å². The number of hydrogen-bond donors (Lipinski definition) is 1. The Morgan fingerprint density at radius 3 is 2.75 bits per heavy atom. The number of halogens is 2. The minimum atomic E-state index is -0.813. The Morgan fingerprint density at radius 1 is 1.42 bits per heavy atom. The summed E-state index contributed by atoms with van der Waals surface area (Å²) in [5, 5.41) is 8.95. The fourth-order valence-corrected chi connectivity index (χ4v) is 2.47. The smallest absolute Gasteiger partial charge is 0.307 e. The molecular formula is C16H22ClFN2O4. The number of nitrogens with zero attached hydrogens (tertiary/aromatic N) is 2. The van der Waals surface area contributed by atoms with Crippen molar-refractivity contribution in [2.24, 2.45) is 5.92 Å². The van der Waals surface area contributed by atoms with E-state index in [0.717, 1.165) is 0 Å². The number of rotatable bonds is 7. The lowest BCUT2D eigenvalue weighted by atomic mass is 10.1. The highest BCUT2D eigenvalue weighted by molar-refractivity contribution is 5.85. The first-order valence-corrected chi connectivity index (χ1v) is 7.54. The fourth-order valence-electron chi connectivity index (χ4n) is 2.47. The predicted molar refractivity (Wildman–Crippen MR) is 89.0 cm³/mol. The zero-order chi connectivity index (χ0) is 16.8. The van der Waals surface area contributed by atoms with Crippen LogP contribution in [0, 0.1) is 11.7 Å². The maximum absolute atomic E-state index is 13.4. The molecular weight excluding hydrogens is 339 g/mol. The van der Waals surface area contributed by atoms with Gasteiger partial charge in [0.2, 0.25) is 5.91 Å². The van der Waals surface area contributed by atoms with E-state index in [1.54, 1.807) is 19.2 Å². The largest absolute Gasteiger partial charge is 0.489 e. The number of carboxylic acid groups (broad SMARTS) is 1. The molecule has 6 nitrogen and oxygen atoms in total. The van der Waals surface area contributed by atoms with Crippen LogP contribution in [0.15, 0.2) is 24.3 Å². The minimum absolute atomic E-state index is 0. The Kier molecular flexibility index (Phi) is 7.94. The fraction of sp³-hybridized carbons (Fsp3) is 0.500. The van der Waals surface area contributed by atoms with Crippen LogP contribution in [0.1, 0.15) is 6.42 Å².